The van der Waals surface area contributed by atoms with Crippen LogP contribution in [0.2, 0.25) is 0 Å². The number of carbonyl (C=O) groups excluding carboxylic acids is 1. The smallest absolute Gasteiger partial charge is 0.387 e. The number of esters is 1. The van der Waals surface area contributed by atoms with E-state index >= 15 is 0 Å². The van der Waals surface area contributed by atoms with Crippen LogP contribution < -0.4 is 15.1 Å². The summed E-state index contributed by atoms with van der Waals surface area (Å²) in [6.07, 6.45) is 0. The summed E-state index contributed by atoms with van der Waals surface area (Å²) in [5, 5.41) is 9.98. The Morgan fingerprint density at radius 3 is 2.64 bits per heavy atom. The molecule has 0 saturated heterocycles. The second-order valence-corrected chi connectivity index (χ2v) is 5.59. The Hall–Kier alpha value is -3.62. The van der Waals surface area contributed by atoms with Crippen molar-refractivity contribution in [2.75, 3.05) is 7.11 Å². The van der Waals surface area contributed by atoms with E-state index in [4.69, 9.17) is 13.9 Å². The molecule has 0 aliphatic carbocycles. The van der Waals surface area contributed by atoms with Gasteiger partial charge in [-0.3, -0.25) is 0 Å². The summed E-state index contributed by atoms with van der Waals surface area (Å²) in [4.78, 5) is 23.9. The molecular weight excluding hydrogens is 378 g/mol. The zero-order valence-electron chi connectivity index (χ0n) is 14.5. The Bertz CT molecular complexity index is 1080. The molecule has 0 atom stereocenters. The third kappa shape index (κ3) is 4.20. The van der Waals surface area contributed by atoms with Gasteiger partial charge in [0.1, 0.15) is 17.9 Å². The summed E-state index contributed by atoms with van der Waals surface area (Å²) < 4.78 is 44.2. The minimum atomic E-state index is -3.04. The Morgan fingerprint density at radius 2 is 1.93 bits per heavy atom. The fourth-order valence-corrected chi connectivity index (χ4v) is 2.55. The molecule has 3 aromatic rings. The molecule has 0 radical (unpaired) electrons. The number of phenolic OH excluding ortho intramolecular Hbond substituents is 1. The molecule has 0 aliphatic heterocycles. The molecule has 0 fully saturated rings. The molecular formula is C19H14F2O7. The third-order valence-electron chi connectivity index (χ3n) is 3.79. The molecule has 0 aliphatic rings. The summed E-state index contributed by atoms with van der Waals surface area (Å²) in [5.41, 5.74) is -0.0966. The standard InChI is InChI=1S/C19H14F2O7/c1-25-16-6-10(2-5-14(16)28-19(20)21)18(24)26-9-11-7-17(23)27-15-8-12(22)3-4-13(11)15/h2-8,19,22H,9H2,1H3. The zero-order valence-corrected chi connectivity index (χ0v) is 14.5. The van der Waals surface area contributed by atoms with Crippen LogP contribution in [0.25, 0.3) is 11.0 Å². The van der Waals surface area contributed by atoms with E-state index in [0.29, 0.717) is 10.9 Å². The number of alkyl halides is 2. The van der Waals surface area contributed by atoms with Gasteiger partial charge in [-0.05, 0) is 30.3 Å². The Kier molecular flexibility index (Phi) is 5.44. The van der Waals surface area contributed by atoms with Gasteiger partial charge >= 0.3 is 18.2 Å². The van der Waals surface area contributed by atoms with Crippen molar-refractivity contribution in [3.63, 3.8) is 0 Å². The van der Waals surface area contributed by atoms with Gasteiger partial charge in [0.15, 0.2) is 11.5 Å². The van der Waals surface area contributed by atoms with Gasteiger partial charge in [0, 0.05) is 23.1 Å². The first-order chi connectivity index (χ1) is 13.4. The van der Waals surface area contributed by atoms with E-state index in [-0.39, 0.29) is 35.0 Å². The lowest BCUT2D eigenvalue weighted by molar-refractivity contribution is -0.0512. The molecule has 9 heteroatoms. The first kappa shape index (κ1) is 19.2. The zero-order chi connectivity index (χ0) is 20.3. The van der Waals surface area contributed by atoms with E-state index in [2.05, 4.69) is 4.74 Å². The Balaban J connectivity index is 1.81. The molecule has 0 bridgehead atoms. The average Bonchev–Trinajstić information content (AvgIpc) is 2.65. The van der Waals surface area contributed by atoms with Gasteiger partial charge in [-0.2, -0.15) is 8.78 Å². The number of fused-ring (bicyclic) bond motifs is 1. The number of methoxy groups -OCH3 is 1. The van der Waals surface area contributed by atoms with Crippen LogP contribution in [0.1, 0.15) is 15.9 Å². The fourth-order valence-electron chi connectivity index (χ4n) is 2.55. The number of hydrogen-bond acceptors (Lipinski definition) is 7. The molecule has 7 nitrogen and oxygen atoms in total. The van der Waals surface area contributed by atoms with Crippen molar-refractivity contribution in [3.8, 4) is 17.2 Å². The summed E-state index contributed by atoms with van der Waals surface area (Å²) in [5.74, 6) is -1.12. The highest BCUT2D eigenvalue weighted by Gasteiger charge is 2.16. The van der Waals surface area contributed by atoms with Gasteiger partial charge in [-0.1, -0.05) is 0 Å². The van der Waals surface area contributed by atoms with Gasteiger partial charge in [0.05, 0.1) is 12.7 Å². The van der Waals surface area contributed by atoms with Crippen LogP contribution in [0.15, 0.2) is 51.7 Å². The van der Waals surface area contributed by atoms with Crippen LogP contribution >= 0.6 is 0 Å². The van der Waals surface area contributed by atoms with E-state index in [1.165, 1.54) is 43.5 Å². The topological polar surface area (TPSA) is 95.2 Å². The number of rotatable bonds is 6. The van der Waals surface area contributed by atoms with Crippen molar-refractivity contribution < 1.29 is 37.3 Å². The Labute approximate surface area is 156 Å². The average molecular weight is 392 g/mol. The number of phenols is 1. The first-order valence-electron chi connectivity index (χ1n) is 7.93. The highest BCUT2D eigenvalue weighted by Crippen LogP contribution is 2.30. The van der Waals surface area contributed by atoms with Crippen molar-refractivity contribution in [2.24, 2.45) is 0 Å². The van der Waals surface area contributed by atoms with Gasteiger partial charge in [-0.15, -0.1) is 0 Å². The maximum Gasteiger partial charge on any atom is 0.387 e. The molecule has 3 rings (SSSR count). The van der Waals surface area contributed by atoms with Crippen molar-refractivity contribution in [1.82, 2.24) is 0 Å². The molecule has 146 valence electrons. The molecule has 1 heterocycles. The summed E-state index contributed by atoms with van der Waals surface area (Å²) >= 11 is 0. The number of ether oxygens (including phenoxy) is 3. The number of carbonyl (C=O) groups is 1. The normalized spacial score (nSPS) is 10.9. The molecule has 2 aromatic carbocycles. The summed E-state index contributed by atoms with van der Waals surface area (Å²) in [6.45, 7) is -3.28. The van der Waals surface area contributed by atoms with Gasteiger partial charge in [-0.25, -0.2) is 9.59 Å². The predicted molar refractivity (Wildman–Crippen MR) is 92.9 cm³/mol. The molecule has 0 saturated carbocycles. The second-order valence-electron chi connectivity index (χ2n) is 5.59. The van der Waals surface area contributed by atoms with Crippen molar-refractivity contribution in [2.45, 2.75) is 13.2 Å². The third-order valence-corrected chi connectivity index (χ3v) is 3.79. The number of aromatic hydroxyl groups is 1. The first-order valence-corrected chi connectivity index (χ1v) is 7.93. The second kappa shape index (κ2) is 7.95. The lowest BCUT2D eigenvalue weighted by Crippen LogP contribution is -2.09. The van der Waals surface area contributed by atoms with E-state index in [9.17, 15) is 23.5 Å². The molecule has 1 N–H and O–H groups in total. The van der Waals surface area contributed by atoms with Crippen molar-refractivity contribution in [1.29, 1.82) is 0 Å². The molecule has 0 amide bonds. The predicted octanol–water partition coefficient (Wildman–Crippen LogP) is 3.47. The van der Waals surface area contributed by atoms with Gasteiger partial charge in [0.2, 0.25) is 0 Å². The lowest BCUT2D eigenvalue weighted by atomic mass is 10.1. The van der Waals surface area contributed by atoms with Crippen molar-refractivity contribution >= 4 is 16.9 Å². The molecule has 0 spiro atoms. The minimum Gasteiger partial charge on any atom is -0.508 e. The Morgan fingerprint density at radius 1 is 1.14 bits per heavy atom. The minimum absolute atomic E-state index is 0.0448. The largest absolute Gasteiger partial charge is 0.508 e. The maximum atomic E-state index is 12.4. The maximum absolute atomic E-state index is 12.4. The molecule has 0 unspecified atom stereocenters. The van der Waals surface area contributed by atoms with Crippen LogP contribution in [0.3, 0.4) is 0 Å². The van der Waals surface area contributed by atoms with Gasteiger partial charge in [0.25, 0.3) is 0 Å². The molecule has 1 aromatic heterocycles. The lowest BCUT2D eigenvalue weighted by Gasteiger charge is -2.11. The van der Waals surface area contributed by atoms with Crippen LogP contribution in [0.5, 0.6) is 17.2 Å². The highest BCUT2D eigenvalue weighted by molar-refractivity contribution is 5.90. The van der Waals surface area contributed by atoms with E-state index in [0.717, 1.165) is 6.07 Å². The number of halogens is 2. The van der Waals surface area contributed by atoms with Crippen LogP contribution in [0, 0.1) is 0 Å². The fraction of sp³-hybridized carbons (Fsp3) is 0.158. The van der Waals surface area contributed by atoms with Crippen molar-refractivity contribution in [3.05, 3.63) is 64.0 Å². The number of hydrogen-bond donors (Lipinski definition) is 1. The van der Waals surface area contributed by atoms with Crippen LogP contribution in [-0.4, -0.2) is 24.8 Å². The monoisotopic (exact) mass is 392 g/mol. The van der Waals surface area contributed by atoms with Crippen LogP contribution in [0.4, 0.5) is 8.78 Å². The quantitative estimate of drug-likeness (QED) is 0.507. The highest BCUT2D eigenvalue weighted by atomic mass is 19.3. The van der Waals surface area contributed by atoms with E-state index in [1.54, 1.807) is 0 Å². The summed E-state index contributed by atoms with van der Waals surface area (Å²) in [6, 6.07) is 8.99. The molecule has 28 heavy (non-hydrogen) atoms. The van der Waals surface area contributed by atoms with Gasteiger partial charge < -0.3 is 23.7 Å². The summed E-state index contributed by atoms with van der Waals surface area (Å²) in [7, 11) is 1.24. The van der Waals surface area contributed by atoms with E-state index < -0.39 is 18.2 Å². The van der Waals surface area contributed by atoms with Crippen LogP contribution in [-0.2, 0) is 11.3 Å². The SMILES string of the molecule is COc1cc(C(=O)OCc2cc(=O)oc3cc(O)ccc23)ccc1OC(F)F. The van der Waals surface area contributed by atoms with E-state index in [1.807, 2.05) is 0 Å². The number of benzene rings is 2.